The van der Waals surface area contributed by atoms with Crippen molar-refractivity contribution < 1.29 is 4.79 Å². The predicted octanol–water partition coefficient (Wildman–Crippen LogP) is 2.91. The molecule has 0 spiro atoms. The third-order valence-corrected chi connectivity index (χ3v) is 6.56. The molecule has 7 nitrogen and oxygen atoms in total. The predicted molar refractivity (Wildman–Crippen MR) is 108 cm³/mol. The lowest BCUT2D eigenvalue weighted by atomic mass is 10.2. The Morgan fingerprint density at radius 1 is 1.34 bits per heavy atom. The Morgan fingerprint density at radius 3 is 3.00 bits per heavy atom. The van der Waals surface area contributed by atoms with Crippen LogP contribution in [0.5, 0.6) is 0 Å². The molecule has 2 aromatic heterocycles. The number of aromatic amines is 1. The van der Waals surface area contributed by atoms with Crippen LogP contribution in [0.1, 0.15) is 16.9 Å². The highest BCUT2D eigenvalue weighted by Crippen LogP contribution is 2.49. The van der Waals surface area contributed by atoms with Gasteiger partial charge >= 0.3 is 0 Å². The highest BCUT2D eigenvalue weighted by Gasteiger charge is 2.61. The number of nitrogens with zero attached hydrogens (tertiary/aromatic N) is 4. The highest BCUT2D eigenvalue weighted by atomic mass is 32.2. The van der Waals surface area contributed by atoms with Crippen molar-refractivity contribution in [2.24, 2.45) is 5.92 Å². The van der Waals surface area contributed by atoms with Gasteiger partial charge in [-0.3, -0.25) is 14.9 Å². The number of H-pyrrole nitrogens is 1. The number of hydrogen-bond acceptors (Lipinski definition) is 6. The molecule has 1 aliphatic carbocycles. The molecule has 1 saturated heterocycles. The number of nitriles is 1. The first-order valence-electron chi connectivity index (χ1n) is 9.37. The standard InChI is InChI=1S/C21H18N6OS/c22-13-27-11-14-9-21(14,12-27)24-20(28)18-8-17(25-26-18)16-6-7-23-10-19(16)29-15-4-2-1-3-5-15/h1-8,10,14H,9,11-12H2,(H,24,28)(H,25,26)/t14?,21-/m0/s1. The second-order valence-corrected chi connectivity index (χ2v) is 8.56. The lowest BCUT2D eigenvalue weighted by Crippen LogP contribution is -2.41. The number of nitrogens with one attached hydrogen (secondary N) is 2. The number of fused-ring (bicyclic) bond motifs is 1. The number of carbonyl (C=O) groups excluding carboxylic acids is 1. The van der Waals surface area contributed by atoms with E-state index < -0.39 is 0 Å². The molecule has 5 rings (SSSR count). The van der Waals surface area contributed by atoms with Crippen LogP contribution in [0.2, 0.25) is 0 Å². The zero-order valence-corrected chi connectivity index (χ0v) is 16.3. The van der Waals surface area contributed by atoms with Crippen molar-refractivity contribution in [3.63, 3.8) is 0 Å². The van der Waals surface area contributed by atoms with Gasteiger partial charge in [-0.05, 0) is 30.7 Å². The smallest absolute Gasteiger partial charge is 0.269 e. The van der Waals surface area contributed by atoms with Gasteiger partial charge in [0.25, 0.3) is 5.91 Å². The van der Waals surface area contributed by atoms with Gasteiger partial charge in [0.05, 0.1) is 17.8 Å². The maximum absolute atomic E-state index is 12.7. The van der Waals surface area contributed by atoms with E-state index in [0.717, 1.165) is 28.3 Å². The minimum Gasteiger partial charge on any atom is -0.343 e. The molecule has 8 heteroatoms. The van der Waals surface area contributed by atoms with E-state index in [2.05, 4.69) is 26.7 Å². The summed E-state index contributed by atoms with van der Waals surface area (Å²) in [6, 6.07) is 13.7. The van der Waals surface area contributed by atoms with E-state index in [0.29, 0.717) is 23.9 Å². The van der Waals surface area contributed by atoms with Crippen LogP contribution in [0.3, 0.4) is 0 Å². The molecule has 2 atom stereocenters. The maximum atomic E-state index is 12.7. The molecule has 1 amide bonds. The van der Waals surface area contributed by atoms with Gasteiger partial charge in [0, 0.05) is 40.2 Å². The molecule has 2 aliphatic rings. The van der Waals surface area contributed by atoms with Crippen molar-refractivity contribution in [1.29, 1.82) is 5.26 Å². The van der Waals surface area contributed by atoms with Crippen molar-refractivity contribution in [2.75, 3.05) is 13.1 Å². The number of benzene rings is 1. The summed E-state index contributed by atoms with van der Waals surface area (Å²) in [6.07, 6.45) is 6.63. The van der Waals surface area contributed by atoms with Crippen LogP contribution in [-0.4, -0.2) is 44.6 Å². The number of likely N-dealkylation sites (tertiary alicyclic amines) is 1. The molecule has 1 aromatic carbocycles. The van der Waals surface area contributed by atoms with Gasteiger partial charge in [-0.1, -0.05) is 30.0 Å². The SMILES string of the molecule is N#CN1CC2C[C@]2(NC(=O)c2cc(-c3ccncc3Sc3ccccc3)n[nH]2)C1. The largest absolute Gasteiger partial charge is 0.343 e. The summed E-state index contributed by atoms with van der Waals surface area (Å²) in [5, 5.41) is 19.4. The van der Waals surface area contributed by atoms with E-state index >= 15 is 0 Å². The average Bonchev–Trinajstić information content (AvgIpc) is 3.10. The first-order chi connectivity index (χ1) is 14.2. The monoisotopic (exact) mass is 402 g/mol. The van der Waals surface area contributed by atoms with Crippen LogP contribution >= 0.6 is 11.8 Å². The van der Waals surface area contributed by atoms with Gasteiger partial charge in [0.2, 0.25) is 0 Å². The second kappa shape index (κ2) is 6.94. The molecule has 3 aromatic rings. The molecule has 144 valence electrons. The summed E-state index contributed by atoms with van der Waals surface area (Å²) in [6.45, 7) is 1.31. The average molecular weight is 402 g/mol. The number of hydrogen-bond donors (Lipinski definition) is 2. The number of aromatic nitrogens is 3. The molecule has 2 N–H and O–H groups in total. The van der Waals surface area contributed by atoms with Gasteiger partial charge in [-0.15, -0.1) is 0 Å². The molecule has 29 heavy (non-hydrogen) atoms. The van der Waals surface area contributed by atoms with E-state index in [9.17, 15) is 4.79 Å². The van der Waals surface area contributed by atoms with Crippen LogP contribution in [0.4, 0.5) is 0 Å². The maximum Gasteiger partial charge on any atom is 0.269 e. The summed E-state index contributed by atoms with van der Waals surface area (Å²) < 4.78 is 0. The molecule has 1 unspecified atom stereocenters. The normalized spacial score (nSPS) is 22.0. The number of pyridine rings is 1. The van der Waals surface area contributed by atoms with Gasteiger partial charge in [-0.2, -0.15) is 10.4 Å². The zero-order valence-electron chi connectivity index (χ0n) is 15.5. The summed E-state index contributed by atoms with van der Waals surface area (Å²) in [5.41, 5.74) is 1.78. The Bertz CT molecular complexity index is 1110. The first-order valence-corrected chi connectivity index (χ1v) is 10.2. The van der Waals surface area contributed by atoms with E-state index in [1.165, 1.54) is 0 Å². The van der Waals surface area contributed by atoms with Crippen molar-refractivity contribution in [2.45, 2.75) is 21.8 Å². The third kappa shape index (κ3) is 3.34. The summed E-state index contributed by atoms with van der Waals surface area (Å²) >= 11 is 1.61. The van der Waals surface area contributed by atoms with Crippen molar-refractivity contribution >= 4 is 17.7 Å². The molecule has 1 aliphatic heterocycles. The minimum absolute atomic E-state index is 0.183. The van der Waals surface area contributed by atoms with E-state index in [1.54, 1.807) is 28.9 Å². The van der Waals surface area contributed by atoms with Crippen LogP contribution in [0.15, 0.2) is 64.6 Å². The summed E-state index contributed by atoms with van der Waals surface area (Å²) in [7, 11) is 0. The Balaban J connectivity index is 1.35. The third-order valence-electron chi connectivity index (χ3n) is 5.50. The van der Waals surface area contributed by atoms with E-state index in [4.69, 9.17) is 5.26 Å². The minimum atomic E-state index is -0.261. The molecule has 2 fully saturated rings. The molecular weight excluding hydrogens is 384 g/mol. The number of carbonyl (C=O) groups is 1. The van der Waals surface area contributed by atoms with Crippen LogP contribution in [0, 0.1) is 17.4 Å². The molecule has 1 saturated carbocycles. The van der Waals surface area contributed by atoms with Crippen LogP contribution < -0.4 is 5.32 Å². The number of amides is 1. The molecule has 0 radical (unpaired) electrons. The summed E-state index contributed by atoms with van der Waals surface area (Å²) in [5.74, 6) is 0.180. The highest BCUT2D eigenvalue weighted by molar-refractivity contribution is 7.99. The van der Waals surface area contributed by atoms with Gasteiger partial charge in [0.15, 0.2) is 6.19 Å². The lowest BCUT2D eigenvalue weighted by molar-refractivity contribution is 0.0924. The fraction of sp³-hybridized carbons (Fsp3) is 0.238. The van der Waals surface area contributed by atoms with E-state index in [-0.39, 0.29) is 11.4 Å². The zero-order chi connectivity index (χ0) is 19.8. The van der Waals surface area contributed by atoms with Gasteiger partial charge < -0.3 is 10.2 Å². The Kier molecular flexibility index (Phi) is 4.25. The fourth-order valence-electron chi connectivity index (χ4n) is 3.91. The molecule has 0 bridgehead atoms. The Labute approximate surface area is 172 Å². The quantitative estimate of drug-likeness (QED) is 0.637. The molecular formula is C21H18N6OS. The van der Waals surface area contributed by atoms with Crippen molar-refractivity contribution in [3.05, 3.63) is 60.6 Å². The topological polar surface area (TPSA) is 97.7 Å². The Morgan fingerprint density at radius 2 is 2.21 bits per heavy atom. The van der Waals surface area contributed by atoms with Gasteiger partial charge in [-0.25, -0.2) is 0 Å². The van der Waals surface area contributed by atoms with Crippen LogP contribution in [0.25, 0.3) is 11.3 Å². The van der Waals surface area contributed by atoms with Crippen LogP contribution in [-0.2, 0) is 0 Å². The van der Waals surface area contributed by atoms with Crippen molar-refractivity contribution in [3.8, 4) is 17.5 Å². The van der Waals surface area contributed by atoms with E-state index in [1.807, 2.05) is 42.6 Å². The Hall–Kier alpha value is -3.31. The molecule has 3 heterocycles. The fourth-order valence-corrected chi connectivity index (χ4v) is 4.85. The lowest BCUT2D eigenvalue weighted by Gasteiger charge is -2.16. The first kappa shape index (κ1) is 17.8. The number of piperidine rings is 1. The second-order valence-electron chi connectivity index (χ2n) is 7.45. The van der Waals surface area contributed by atoms with Gasteiger partial charge in [0.1, 0.15) is 5.69 Å². The number of rotatable bonds is 5. The summed E-state index contributed by atoms with van der Waals surface area (Å²) in [4.78, 5) is 20.8. The van der Waals surface area contributed by atoms with Crippen molar-refractivity contribution in [1.82, 2.24) is 25.4 Å².